The Morgan fingerprint density at radius 3 is 2.47 bits per heavy atom. The van der Waals surface area contributed by atoms with Gasteiger partial charge in [-0.25, -0.2) is 9.97 Å². The van der Waals surface area contributed by atoms with Crippen LogP contribution in [0, 0.1) is 0 Å². The summed E-state index contributed by atoms with van der Waals surface area (Å²) >= 11 is 0. The van der Waals surface area contributed by atoms with E-state index in [-0.39, 0.29) is 0 Å². The molecule has 0 saturated carbocycles. The number of nitrogens with zero attached hydrogens (tertiary/aromatic N) is 3. The van der Waals surface area contributed by atoms with E-state index < -0.39 is 0 Å². The molecule has 0 aromatic carbocycles. The van der Waals surface area contributed by atoms with E-state index >= 15 is 0 Å². The van der Waals surface area contributed by atoms with Gasteiger partial charge in [0.25, 0.3) is 0 Å². The minimum Gasteiger partial charge on any atom is -0.383 e. The average Bonchev–Trinajstić information content (AvgIpc) is 2.18. The second-order valence-electron chi connectivity index (χ2n) is 3.79. The maximum Gasteiger partial charge on any atom is 0.137 e. The highest BCUT2D eigenvalue weighted by Crippen LogP contribution is 2.23. The lowest BCUT2D eigenvalue weighted by Crippen LogP contribution is -2.32. The molecule has 4 nitrogen and oxygen atoms in total. The quantitative estimate of drug-likeness (QED) is 0.820. The molecule has 84 valence electrons. The number of nitrogens with two attached hydrogens (primary N) is 1. The summed E-state index contributed by atoms with van der Waals surface area (Å²) in [7, 11) is 0. The number of anilines is 2. The first-order valence-corrected chi connectivity index (χ1v) is 5.47. The molecule has 0 aliphatic carbocycles. The Morgan fingerprint density at radius 1 is 1.33 bits per heavy atom. The molecule has 0 amide bonds. The van der Waals surface area contributed by atoms with Crippen LogP contribution in [0.25, 0.3) is 0 Å². The summed E-state index contributed by atoms with van der Waals surface area (Å²) in [4.78, 5) is 10.6. The van der Waals surface area contributed by atoms with Crippen molar-refractivity contribution in [3.05, 3.63) is 11.9 Å². The minimum atomic E-state index is 0.426. The van der Waals surface area contributed by atoms with Gasteiger partial charge in [0.15, 0.2) is 0 Å². The van der Waals surface area contributed by atoms with Crippen molar-refractivity contribution >= 4 is 11.6 Å². The van der Waals surface area contributed by atoms with E-state index in [1.165, 1.54) is 6.33 Å². The molecule has 4 heteroatoms. The third-order valence-electron chi connectivity index (χ3n) is 2.55. The van der Waals surface area contributed by atoms with Gasteiger partial charge in [-0.1, -0.05) is 6.92 Å². The zero-order chi connectivity index (χ0) is 11.4. The SMILES string of the molecule is CCc1c(N)ncnc1N(CC)C(C)C. The Morgan fingerprint density at radius 2 is 2.00 bits per heavy atom. The monoisotopic (exact) mass is 208 g/mol. The lowest BCUT2D eigenvalue weighted by Gasteiger charge is -2.28. The summed E-state index contributed by atoms with van der Waals surface area (Å²) in [6.07, 6.45) is 2.40. The van der Waals surface area contributed by atoms with E-state index in [0.717, 1.165) is 24.3 Å². The fourth-order valence-electron chi connectivity index (χ4n) is 1.76. The van der Waals surface area contributed by atoms with Crippen molar-refractivity contribution in [1.29, 1.82) is 0 Å². The van der Waals surface area contributed by atoms with Crippen LogP contribution in [0.2, 0.25) is 0 Å². The van der Waals surface area contributed by atoms with Gasteiger partial charge in [-0.05, 0) is 27.2 Å². The fourth-order valence-corrected chi connectivity index (χ4v) is 1.76. The van der Waals surface area contributed by atoms with Gasteiger partial charge in [0.05, 0.1) is 0 Å². The van der Waals surface area contributed by atoms with Crippen molar-refractivity contribution in [2.45, 2.75) is 40.2 Å². The Hall–Kier alpha value is -1.32. The summed E-state index contributed by atoms with van der Waals surface area (Å²) in [6, 6.07) is 0.426. The molecule has 1 aromatic rings. The molecule has 0 aliphatic heterocycles. The second-order valence-corrected chi connectivity index (χ2v) is 3.79. The fraction of sp³-hybridized carbons (Fsp3) is 0.636. The molecule has 1 heterocycles. The average molecular weight is 208 g/mol. The third kappa shape index (κ3) is 2.37. The molecule has 0 saturated heterocycles. The van der Waals surface area contributed by atoms with Crippen LogP contribution >= 0.6 is 0 Å². The van der Waals surface area contributed by atoms with Crippen LogP contribution in [0.1, 0.15) is 33.3 Å². The lowest BCUT2D eigenvalue weighted by molar-refractivity contribution is 0.687. The zero-order valence-corrected chi connectivity index (χ0v) is 9.99. The van der Waals surface area contributed by atoms with Gasteiger partial charge in [0.1, 0.15) is 18.0 Å². The van der Waals surface area contributed by atoms with E-state index in [9.17, 15) is 0 Å². The van der Waals surface area contributed by atoms with Crippen molar-refractivity contribution in [1.82, 2.24) is 9.97 Å². The zero-order valence-electron chi connectivity index (χ0n) is 9.99. The van der Waals surface area contributed by atoms with Gasteiger partial charge in [0, 0.05) is 18.2 Å². The predicted octanol–water partition coefficient (Wildman–Crippen LogP) is 1.86. The van der Waals surface area contributed by atoms with Crippen LogP contribution in [0.4, 0.5) is 11.6 Å². The molecule has 0 aliphatic rings. The highest BCUT2D eigenvalue weighted by Gasteiger charge is 2.15. The molecule has 0 unspecified atom stereocenters. The smallest absolute Gasteiger partial charge is 0.137 e. The lowest BCUT2D eigenvalue weighted by atomic mass is 10.2. The number of nitrogen functional groups attached to an aromatic ring is 1. The summed E-state index contributed by atoms with van der Waals surface area (Å²) in [5, 5.41) is 0. The molecule has 15 heavy (non-hydrogen) atoms. The molecule has 1 aromatic heterocycles. The van der Waals surface area contributed by atoms with E-state index in [4.69, 9.17) is 5.73 Å². The van der Waals surface area contributed by atoms with Crippen molar-refractivity contribution in [3.8, 4) is 0 Å². The number of aromatic nitrogens is 2. The number of rotatable bonds is 4. The molecule has 2 N–H and O–H groups in total. The second kappa shape index (κ2) is 4.96. The van der Waals surface area contributed by atoms with Gasteiger partial charge in [0.2, 0.25) is 0 Å². The maximum atomic E-state index is 5.85. The molecule has 1 rings (SSSR count). The van der Waals surface area contributed by atoms with Crippen LogP contribution < -0.4 is 10.6 Å². The highest BCUT2D eigenvalue weighted by molar-refractivity contribution is 5.56. The topological polar surface area (TPSA) is 55.0 Å². The Kier molecular flexibility index (Phi) is 3.88. The van der Waals surface area contributed by atoms with Crippen LogP contribution in [-0.2, 0) is 6.42 Å². The molecular weight excluding hydrogens is 188 g/mol. The van der Waals surface area contributed by atoms with Gasteiger partial charge in [-0.2, -0.15) is 0 Å². The number of hydrogen-bond acceptors (Lipinski definition) is 4. The van der Waals surface area contributed by atoms with Crippen LogP contribution in [0.3, 0.4) is 0 Å². The first-order valence-electron chi connectivity index (χ1n) is 5.47. The normalized spacial score (nSPS) is 10.7. The molecule has 0 bridgehead atoms. The molecular formula is C11H20N4. The summed E-state index contributed by atoms with van der Waals surface area (Å²) in [5.74, 6) is 1.57. The van der Waals surface area contributed by atoms with E-state index in [1.807, 2.05) is 0 Å². The summed E-state index contributed by atoms with van der Waals surface area (Å²) in [6.45, 7) is 9.44. The van der Waals surface area contributed by atoms with Crippen LogP contribution in [0.15, 0.2) is 6.33 Å². The van der Waals surface area contributed by atoms with Crippen LogP contribution in [0.5, 0.6) is 0 Å². The van der Waals surface area contributed by atoms with E-state index in [0.29, 0.717) is 11.9 Å². The highest BCUT2D eigenvalue weighted by atomic mass is 15.2. The summed E-state index contributed by atoms with van der Waals surface area (Å²) < 4.78 is 0. The molecule has 0 spiro atoms. The number of hydrogen-bond donors (Lipinski definition) is 1. The van der Waals surface area contributed by atoms with E-state index in [2.05, 4.69) is 42.6 Å². The Bertz CT molecular complexity index is 322. The van der Waals surface area contributed by atoms with Crippen molar-refractivity contribution in [3.63, 3.8) is 0 Å². The van der Waals surface area contributed by atoms with Crippen molar-refractivity contribution < 1.29 is 0 Å². The summed E-state index contributed by atoms with van der Waals surface area (Å²) in [5.41, 5.74) is 6.90. The Balaban J connectivity index is 3.16. The Labute approximate surface area is 91.5 Å². The first kappa shape index (κ1) is 11.8. The van der Waals surface area contributed by atoms with Crippen molar-refractivity contribution in [2.24, 2.45) is 0 Å². The largest absolute Gasteiger partial charge is 0.383 e. The maximum absolute atomic E-state index is 5.85. The predicted molar refractivity (Wildman–Crippen MR) is 64.0 cm³/mol. The standard InChI is InChI=1S/C11H20N4/c1-5-9-10(12)13-7-14-11(9)15(6-2)8(3)4/h7-8H,5-6H2,1-4H3,(H2,12,13,14). The molecule has 0 radical (unpaired) electrons. The van der Waals surface area contributed by atoms with Crippen molar-refractivity contribution in [2.75, 3.05) is 17.2 Å². The van der Waals surface area contributed by atoms with Gasteiger partial charge < -0.3 is 10.6 Å². The minimum absolute atomic E-state index is 0.426. The van der Waals surface area contributed by atoms with Gasteiger partial charge in [-0.3, -0.25) is 0 Å². The van der Waals surface area contributed by atoms with Gasteiger partial charge in [-0.15, -0.1) is 0 Å². The molecule has 0 fully saturated rings. The molecule has 0 atom stereocenters. The van der Waals surface area contributed by atoms with E-state index in [1.54, 1.807) is 0 Å². The third-order valence-corrected chi connectivity index (χ3v) is 2.55. The van der Waals surface area contributed by atoms with Gasteiger partial charge >= 0.3 is 0 Å². The first-order chi connectivity index (χ1) is 7.11. The van der Waals surface area contributed by atoms with Crippen LogP contribution in [-0.4, -0.2) is 22.6 Å².